The number of dihydropyridines is 1. The molecule has 6 nitrogen and oxygen atoms in total. The fraction of sp³-hybridized carbons (Fsp3) is 0.667. The van der Waals surface area contributed by atoms with E-state index in [1.807, 2.05) is 18.7 Å². The van der Waals surface area contributed by atoms with Crippen LogP contribution in [-0.2, 0) is 9.53 Å². The van der Waals surface area contributed by atoms with E-state index in [1.165, 1.54) is 12.7 Å². The fourth-order valence-electron chi connectivity index (χ4n) is 3.45. The minimum Gasteiger partial charge on any atom is -0.453 e. The van der Waals surface area contributed by atoms with Gasteiger partial charge in [-0.1, -0.05) is 20.8 Å². The first-order valence-electron chi connectivity index (χ1n) is 8.88. The maximum atomic E-state index is 13.1. The van der Waals surface area contributed by atoms with E-state index in [0.29, 0.717) is 6.54 Å². The molecule has 2 aliphatic rings. The van der Waals surface area contributed by atoms with Gasteiger partial charge in [0.15, 0.2) is 0 Å². The lowest BCUT2D eigenvalue weighted by atomic mass is 9.97. The number of likely N-dealkylation sites (tertiary alicyclic amines) is 1. The summed E-state index contributed by atoms with van der Waals surface area (Å²) in [5, 5.41) is 6.11. The lowest BCUT2D eigenvalue weighted by Gasteiger charge is -2.34. The average Bonchev–Trinajstić information content (AvgIpc) is 3.08. The smallest absolute Gasteiger partial charge is 0.407 e. The lowest BCUT2D eigenvalue weighted by molar-refractivity contribution is -0.134. The number of halogens is 1. The van der Waals surface area contributed by atoms with Gasteiger partial charge < -0.3 is 20.3 Å². The molecular weight excluding hydrogens is 386 g/mol. The molecule has 1 saturated heterocycles. The molecule has 2 heterocycles. The molecule has 2 atom stereocenters. The van der Waals surface area contributed by atoms with Crippen molar-refractivity contribution < 1.29 is 14.3 Å². The molecule has 0 aromatic carbocycles. The van der Waals surface area contributed by atoms with Gasteiger partial charge in [-0.05, 0) is 59.2 Å². The number of rotatable bonds is 5. The second kappa shape index (κ2) is 8.74. The minimum absolute atomic E-state index is 0.0153. The molecule has 7 heteroatoms. The summed E-state index contributed by atoms with van der Waals surface area (Å²) in [6.45, 7) is 6.71. The highest BCUT2D eigenvalue weighted by Gasteiger charge is 2.38. The van der Waals surface area contributed by atoms with Crippen molar-refractivity contribution in [2.75, 3.05) is 13.7 Å². The van der Waals surface area contributed by atoms with E-state index in [1.54, 1.807) is 0 Å². The molecule has 0 spiro atoms. The quantitative estimate of drug-likeness (QED) is 0.678. The Labute approximate surface area is 158 Å². The number of nitrogens with zero attached hydrogens (tertiary/aromatic N) is 1. The second-order valence-corrected chi connectivity index (χ2v) is 7.65. The van der Waals surface area contributed by atoms with Crippen LogP contribution in [0.1, 0.15) is 46.5 Å². The molecule has 2 amide bonds. The van der Waals surface area contributed by atoms with Crippen LogP contribution in [-0.4, -0.2) is 42.6 Å². The fourth-order valence-corrected chi connectivity index (χ4v) is 3.83. The molecule has 0 aromatic heterocycles. The molecule has 0 bridgehead atoms. The zero-order valence-electron chi connectivity index (χ0n) is 15.4. The summed E-state index contributed by atoms with van der Waals surface area (Å²) in [6.07, 6.45) is 5.28. The summed E-state index contributed by atoms with van der Waals surface area (Å²) in [6, 6.07) is -0.550. The highest BCUT2D eigenvalue weighted by Crippen LogP contribution is 2.31. The Morgan fingerprint density at radius 1 is 1.48 bits per heavy atom. The zero-order chi connectivity index (χ0) is 18.6. The molecule has 0 radical (unpaired) electrons. The van der Waals surface area contributed by atoms with E-state index in [-0.39, 0.29) is 17.9 Å². The highest BCUT2D eigenvalue weighted by molar-refractivity contribution is 9.11. The summed E-state index contributed by atoms with van der Waals surface area (Å²) in [5.74, 6) is -0.0586. The Bertz CT molecular complexity index is 586. The van der Waals surface area contributed by atoms with Crippen molar-refractivity contribution >= 4 is 27.9 Å². The average molecular weight is 414 g/mol. The Morgan fingerprint density at radius 2 is 2.20 bits per heavy atom. The first-order valence-corrected chi connectivity index (χ1v) is 9.67. The van der Waals surface area contributed by atoms with Crippen molar-refractivity contribution in [1.29, 1.82) is 0 Å². The molecule has 2 aliphatic heterocycles. The third-order valence-corrected chi connectivity index (χ3v) is 5.37. The Morgan fingerprint density at radius 3 is 2.80 bits per heavy atom. The van der Waals surface area contributed by atoms with Crippen LogP contribution in [0.5, 0.6) is 0 Å². The highest BCUT2D eigenvalue weighted by atomic mass is 79.9. The number of alkyl carbamates (subject to hydrolysis) is 1. The number of nitrogens with one attached hydrogen (secondary N) is 2. The van der Waals surface area contributed by atoms with Crippen LogP contribution < -0.4 is 10.6 Å². The van der Waals surface area contributed by atoms with E-state index in [0.717, 1.165) is 36.0 Å². The normalized spacial score (nSPS) is 21.8. The minimum atomic E-state index is -0.582. The van der Waals surface area contributed by atoms with Gasteiger partial charge in [-0.25, -0.2) is 4.79 Å². The first-order chi connectivity index (χ1) is 11.9. The maximum Gasteiger partial charge on any atom is 0.407 e. The van der Waals surface area contributed by atoms with Gasteiger partial charge in [-0.15, -0.1) is 0 Å². The summed E-state index contributed by atoms with van der Waals surface area (Å²) >= 11 is 3.52. The molecule has 2 rings (SSSR count). The summed E-state index contributed by atoms with van der Waals surface area (Å²) in [4.78, 5) is 26.7. The van der Waals surface area contributed by atoms with Gasteiger partial charge in [-0.2, -0.15) is 0 Å². The van der Waals surface area contributed by atoms with Gasteiger partial charge in [0, 0.05) is 12.2 Å². The number of carbonyl (C=O) groups excluding carboxylic acids is 2. The summed E-state index contributed by atoms with van der Waals surface area (Å²) in [7, 11) is 1.31. The van der Waals surface area contributed by atoms with Crippen molar-refractivity contribution in [3.63, 3.8) is 0 Å². The van der Waals surface area contributed by atoms with Crippen LogP contribution in [0.3, 0.4) is 0 Å². The van der Waals surface area contributed by atoms with Crippen LogP contribution in [0.2, 0.25) is 0 Å². The predicted molar refractivity (Wildman–Crippen MR) is 101 cm³/mol. The van der Waals surface area contributed by atoms with Crippen LogP contribution in [0.4, 0.5) is 4.79 Å². The molecule has 2 N–H and O–H groups in total. The third kappa shape index (κ3) is 4.57. The zero-order valence-corrected chi connectivity index (χ0v) is 17.0. The number of amides is 2. The molecule has 25 heavy (non-hydrogen) atoms. The molecule has 0 saturated carbocycles. The van der Waals surface area contributed by atoms with Crippen molar-refractivity contribution in [3.05, 3.63) is 22.0 Å². The monoisotopic (exact) mass is 413 g/mol. The topological polar surface area (TPSA) is 70.7 Å². The van der Waals surface area contributed by atoms with Crippen LogP contribution in [0.25, 0.3) is 0 Å². The number of methoxy groups -OCH3 is 1. The van der Waals surface area contributed by atoms with Gasteiger partial charge in [0.25, 0.3) is 0 Å². The predicted octanol–water partition coefficient (Wildman–Crippen LogP) is 3.25. The Hall–Kier alpha value is -1.50. The van der Waals surface area contributed by atoms with Gasteiger partial charge in [0.2, 0.25) is 5.91 Å². The van der Waals surface area contributed by atoms with Crippen molar-refractivity contribution in [3.8, 4) is 0 Å². The van der Waals surface area contributed by atoms with Gasteiger partial charge in [0.1, 0.15) is 6.04 Å². The third-order valence-electron chi connectivity index (χ3n) is 4.85. The number of carbonyl (C=O) groups is 2. The van der Waals surface area contributed by atoms with Gasteiger partial charge in [0.05, 0.1) is 17.8 Å². The van der Waals surface area contributed by atoms with Crippen LogP contribution in [0.15, 0.2) is 22.0 Å². The van der Waals surface area contributed by atoms with Crippen LogP contribution in [0, 0.1) is 5.92 Å². The maximum absolute atomic E-state index is 13.1. The first kappa shape index (κ1) is 19.8. The largest absolute Gasteiger partial charge is 0.453 e. The van der Waals surface area contributed by atoms with E-state index in [2.05, 4.69) is 44.3 Å². The molecule has 0 aliphatic carbocycles. The molecule has 0 aromatic rings. The second-order valence-electron chi connectivity index (χ2n) is 6.80. The van der Waals surface area contributed by atoms with Crippen molar-refractivity contribution in [2.24, 2.45) is 5.92 Å². The van der Waals surface area contributed by atoms with E-state index in [9.17, 15) is 9.59 Å². The van der Waals surface area contributed by atoms with E-state index in [4.69, 9.17) is 0 Å². The number of allylic oxidation sites excluding steroid dienone is 2. The molecule has 140 valence electrons. The van der Waals surface area contributed by atoms with Crippen molar-refractivity contribution in [1.82, 2.24) is 15.5 Å². The Balaban J connectivity index is 2.23. The van der Waals surface area contributed by atoms with E-state index >= 15 is 0 Å². The standard InChI is InChI=1S/C18H28BrN3O3/c1-5-12-8-9-14(19)20-16(12)13-7-6-10-22(13)17(23)15(11(2)3)21-18(24)25-4/h9,11,13,15,20H,5-8,10H2,1-4H3,(H,21,24)/t13?,15-/m0/s1. The summed E-state index contributed by atoms with van der Waals surface area (Å²) in [5.41, 5.74) is 2.46. The summed E-state index contributed by atoms with van der Waals surface area (Å²) < 4.78 is 5.63. The lowest BCUT2D eigenvalue weighted by Crippen LogP contribution is -2.53. The van der Waals surface area contributed by atoms with Gasteiger partial charge >= 0.3 is 6.09 Å². The van der Waals surface area contributed by atoms with Gasteiger partial charge in [-0.3, -0.25) is 4.79 Å². The molecule has 1 fully saturated rings. The number of hydrogen-bond acceptors (Lipinski definition) is 4. The SMILES string of the molecule is CCC1=C(C2CCCN2C(=O)[C@@H](NC(=O)OC)C(C)C)NC(Br)=CC1. The number of hydrogen-bond donors (Lipinski definition) is 2. The van der Waals surface area contributed by atoms with Crippen LogP contribution >= 0.6 is 15.9 Å². The Kier molecular flexibility index (Phi) is 6.93. The number of ether oxygens (including phenoxy) is 1. The van der Waals surface area contributed by atoms with Crippen molar-refractivity contribution in [2.45, 2.75) is 58.5 Å². The molecule has 1 unspecified atom stereocenters. The molecular formula is C18H28BrN3O3. The van der Waals surface area contributed by atoms with E-state index < -0.39 is 12.1 Å².